The average molecular weight is 336 g/mol. The molecule has 1 heterocycles. The summed E-state index contributed by atoms with van der Waals surface area (Å²) in [6.45, 7) is 2.23. The summed E-state index contributed by atoms with van der Waals surface area (Å²) in [5, 5.41) is 9.41. The molecule has 0 aromatic rings. The lowest BCUT2D eigenvalue weighted by Gasteiger charge is -2.05. The summed E-state index contributed by atoms with van der Waals surface area (Å²) in [5.41, 5.74) is 0.580. The first-order chi connectivity index (χ1) is 11.6. The van der Waals surface area contributed by atoms with E-state index < -0.39 is 12.3 Å². The standard InChI is InChI=1S/C20H32O4/c1-2-3-4-5-6-7-8-9-10-14-18(21)15-12-11-13-17-16-19(22)24-20(17)23/h12,15-16,20,23H,2-11,13-14H2,1H3. The van der Waals surface area contributed by atoms with E-state index in [2.05, 4.69) is 11.7 Å². The fraction of sp³-hybridized carbons (Fsp3) is 0.700. The normalized spacial score (nSPS) is 17.3. The fourth-order valence-corrected chi connectivity index (χ4v) is 2.80. The Morgan fingerprint density at radius 3 is 2.33 bits per heavy atom. The summed E-state index contributed by atoms with van der Waals surface area (Å²) in [7, 11) is 0. The molecule has 136 valence electrons. The third-order valence-electron chi connectivity index (χ3n) is 4.28. The van der Waals surface area contributed by atoms with Gasteiger partial charge >= 0.3 is 5.97 Å². The van der Waals surface area contributed by atoms with Crippen molar-refractivity contribution >= 4 is 11.8 Å². The number of aliphatic hydroxyl groups is 1. The second kappa shape index (κ2) is 12.9. The lowest BCUT2D eigenvalue weighted by Crippen LogP contribution is -2.09. The molecule has 0 aromatic heterocycles. The predicted molar refractivity (Wildman–Crippen MR) is 95.4 cm³/mol. The van der Waals surface area contributed by atoms with Crippen molar-refractivity contribution in [1.29, 1.82) is 0 Å². The second-order valence-electron chi connectivity index (χ2n) is 6.49. The highest BCUT2D eigenvalue weighted by atomic mass is 16.6. The van der Waals surface area contributed by atoms with Gasteiger partial charge in [0.25, 0.3) is 0 Å². The van der Waals surface area contributed by atoms with Crippen molar-refractivity contribution in [1.82, 2.24) is 0 Å². The lowest BCUT2D eigenvalue weighted by atomic mass is 10.1. The highest BCUT2D eigenvalue weighted by Crippen LogP contribution is 2.18. The van der Waals surface area contributed by atoms with E-state index in [-0.39, 0.29) is 5.78 Å². The molecule has 0 aromatic carbocycles. The number of rotatable bonds is 14. The van der Waals surface area contributed by atoms with E-state index in [0.717, 1.165) is 12.8 Å². The summed E-state index contributed by atoms with van der Waals surface area (Å²) in [6, 6.07) is 0. The zero-order chi connectivity index (χ0) is 17.6. The molecule has 0 spiro atoms. The zero-order valence-electron chi connectivity index (χ0n) is 15.0. The summed E-state index contributed by atoms with van der Waals surface area (Å²) in [4.78, 5) is 22.7. The van der Waals surface area contributed by atoms with E-state index >= 15 is 0 Å². The Balaban J connectivity index is 1.96. The van der Waals surface area contributed by atoms with Crippen molar-refractivity contribution in [3.63, 3.8) is 0 Å². The van der Waals surface area contributed by atoms with Gasteiger partial charge in [-0.05, 0) is 25.3 Å². The molecule has 0 radical (unpaired) electrons. The number of esters is 1. The molecule has 4 heteroatoms. The number of ketones is 1. The molecule has 0 saturated carbocycles. The van der Waals surface area contributed by atoms with Crippen LogP contribution >= 0.6 is 0 Å². The molecule has 1 rings (SSSR count). The van der Waals surface area contributed by atoms with Gasteiger partial charge in [-0.15, -0.1) is 0 Å². The summed E-state index contributed by atoms with van der Waals surface area (Å²) < 4.78 is 4.60. The molecule has 1 aliphatic rings. The van der Waals surface area contributed by atoms with Crippen LogP contribution in [0, 0.1) is 0 Å². The number of ether oxygens (including phenoxy) is 1. The van der Waals surface area contributed by atoms with Gasteiger partial charge in [-0.3, -0.25) is 4.79 Å². The first kappa shape index (κ1) is 20.6. The fourth-order valence-electron chi connectivity index (χ4n) is 2.80. The highest BCUT2D eigenvalue weighted by molar-refractivity contribution is 5.89. The number of hydrogen-bond donors (Lipinski definition) is 1. The van der Waals surface area contributed by atoms with Gasteiger partial charge in [0.05, 0.1) is 0 Å². The van der Waals surface area contributed by atoms with Crippen molar-refractivity contribution in [3.05, 3.63) is 23.8 Å². The Kier molecular flexibility index (Phi) is 11.1. The average Bonchev–Trinajstić information content (AvgIpc) is 2.87. The summed E-state index contributed by atoms with van der Waals surface area (Å²) in [5.74, 6) is -0.339. The van der Waals surface area contributed by atoms with Crippen LogP contribution in [0.15, 0.2) is 23.8 Å². The lowest BCUT2D eigenvalue weighted by molar-refractivity contribution is -0.151. The third kappa shape index (κ3) is 9.66. The van der Waals surface area contributed by atoms with E-state index in [1.165, 1.54) is 51.0 Å². The molecule has 24 heavy (non-hydrogen) atoms. The van der Waals surface area contributed by atoms with Crippen molar-refractivity contribution in [2.75, 3.05) is 0 Å². The van der Waals surface area contributed by atoms with Gasteiger partial charge in [-0.1, -0.05) is 64.4 Å². The van der Waals surface area contributed by atoms with Crippen LogP contribution in [0.5, 0.6) is 0 Å². The SMILES string of the molecule is CCCCCCCCCCCC(=O)C=CCCC1=CC(=O)OC1O. The van der Waals surface area contributed by atoms with Crippen molar-refractivity contribution < 1.29 is 19.4 Å². The molecule has 0 amide bonds. The first-order valence-corrected chi connectivity index (χ1v) is 9.42. The minimum atomic E-state index is -1.11. The van der Waals surface area contributed by atoms with Crippen LogP contribution < -0.4 is 0 Å². The Bertz CT molecular complexity index is 437. The number of unbranched alkanes of at least 4 members (excludes halogenated alkanes) is 8. The molecular weight excluding hydrogens is 304 g/mol. The number of aliphatic hydroxyl groups excluding tert-OH is 1. The number of allylic oxidation sites excluding steroid dienone is 2. The molecule has 0 saturated heterocycles. The van der Waals surface area contributed by atoms with Gasteiger partial charge < -0.3 is 9.84 Å². The van der Waals surface area contributed by atoms with E-state index in [9.17, 15) is 14.7 Å². The Hall–Kier alpha value is -1.42. The number of carbonyl (C=O) groups excluding carboxylic acids is 2. The highest BCUT2D eigenvalue weighted by Gasteiger charge is 2.22. The molecular formula is C20H32O4. The molecule has 0 aliphatic carbocycles. The summed E-state index contributed by atoms with van der Waals surface area (Å²) in [6.07, 6.45) is 16.7. The van der Waals surface area contributed by atoms with Crippen LogP contribution in [0.25, 0.3) is 0 Å². The molecule has 4 nitrogen and oxygen atoms in total. The molecule has 0 bridgehead atoms. The maximum absolute atomic E-state index is 11.7. The zero-order valence-corrected chi connectivity index (χ0v) is 15.0. The van der Waals surface area contributed by atoms with Crippen LogP contribution in [0.4, 0.5) is 0 Å². The maximum Gasteiger partial charge on any atom is 0.333 e. The Morgan fingerprint density at radius 1 is 1.12 bits per heavy atom. The number of carbonyl (C=O) groups is 2. The first-order valence-electron chi connectivity index (χ1n) is 9.42. The number of hydrogen-bond acceptors (Lipinski definition) is 4. The van der Waals surface area contributed by atoms with Gasteiger partial charge in [0, 0.05) is 18.1 Å². The topological polar surface area (TPSA) is 63.6 Å². The van der Waals surface area contributed by atoms with Crippen LogP contribution in [0.1, 0.15) is 84.0 Å². The quantitative estimate of drug-likeness (QED) is 0.286. The number of cyclic esters (lactones) is 1. The Morgan fingerprint density at radius 2 is 1.75 bits per heavy atom. The van der Waals surface area contributed by atoms with Crippen LogP contribution in [0.2, 0.25) is 0 Å². The molecule has 1 N–H and O–H groups in total. The van der Waals surface area contributed by atoms with Crippen molar-refractivity contribution in [2.45, 2.75) is 90.3 Å². The van der Waals surface area contributed by atoms with Gasteiger partial charge in [0.2, 0.25) is 6.29 Å². The molecule has 0 fully saturated rings. The van der Waals surface area contributed by atoms with Crippen LogP contribution in [0.3, 0.4) is 0 Å². The smallest absolute Gasteiger partial charge is 0.333 e. The van der Waals surface area contributed by atoms with Crippen molar-refractivity contribution in [3.8, 4) is 0 Å². The minimum absolute atomic E-state index is 0.159. The minimum Gasteiger partial charge on any atom is -0.429 e. The largest absolute Gasteiger partial charge is 0.429 e. The molecule has 1 unspecified atom stereocenters. The second-order valence-corrected chi connectivity index (χ2v) is 6.49. The summed E-state index contributed by atoms with van der Waals surface area (Å²) >= 11 is 0. The monoisotopic (exact) mass is 336 g/mol. The Labute approximate surface area is 146 Å². The van der Waals surface area contributed by atoms with E-state index in [1.807, 2.05) is 6.08 Å². The van der Waals surface area contributed by atoms with Gasteiger partial charge in [0.1, 0.15) is 0 Å². The van der Waals surface area contributed by atoms with E-state index in [1.54, 1.807) is 6.08 Å². The van der Waals surface area contributed by atoms with Gasteiger partial charge in [-0.2, -0.15) is 0 Å². The predicted octanol–water partition coefficient (Wildman–Crippen LogP) is 4.61. The molecule has 1 aliphatic heterocycles. The van der Waals surface area contributed by atoms with Crippen LogP contribution in [-0.4, -0.2) is 23.1 Å². The van der Waals surface area contributed by atoms with Gasteiger partial charge in [0.15, 0.2) is 5.78 Å². The maximum atomic E-state index is 11.7. The van der Waals surface area contributed by atoms with E-state index in [4.69, 9.17) is 0 Å². The van der Waals surface area contributed by atoms with Gasteiger partial charge in [-0.25, -0.2) is 4.79 Å². The molecule has 1 atom stereocenters. The van der Waals surface area contributed by atoms with Crippen molar-refractivity contribution in [2.24, 2.45) is 0 Å². The third-order valence-corrected chi connectivity index (χ3v) is 4.28. The van der Waals surface area contributed by atoms with Crippen LogP contribution in [-0.2, 0) is 14.3 Å². The van der Waals surface area contributed by atoms with E-state index in [0.29, 0.717) is 24.8 Å².